The van der Waals surface area contributed by atoms with Crippen LogP contribution >= 0.6 is 0 Å². The van der Waals surface area contributed by atoms with Crippen molar-refractivity contribution in [2.45, 2.75) is 19.4 Å². The molecule has 0 aliphatic carbocycles. The number of carbonyl (C=O) groups excluding carboxylic acids is 3. The molecule has 2 heterocycles. The van der Waals surface area contributed by atoms with Gasteiger partial charge in [-0.1, -0.05) is 0 Å². The van der Waals surface area contributed by atoms with Crippen LogP contribution in [0.25, 0.3) is 0 Å². The molecule has 2 aliphatic rings. The van der Waals surface area contributed by atoms with Gasteiger partial charge >= 0.3 is 6.09 Å². The molecule has 1 aromatic rings. The predicted octanol–water partition coefficient (Wildman–Crippen LogP) is 1.10. The van der Waals surface area contributed by atoms with Crippen molar-refractivity contribution >= 4 is 23.6 Å². The lowest BCUT2D eigenvalue weighted by Gasteiger charge is -2.36. The van der Waals surface area contributed by atoms with E-state index in [1.807, 2.05) is 4.90 Å². The summed E-state index contributed by atoms with van der Waals surface area (Å²) in [5.74, 6) is 0.238. The van der Waals surface area contributed by atoms with E-state index in [9.17, 15) is 14.4 Å². The average molecular weight is 361 g/mol. The summed E-state index contributed by atoms with van der Waals surface area (Å²) in [7, 11) is 1.56. The highest BCUT2D eigenvalue weighted by molar-refractivity contribution is 6.22. The minimum absolute atomic E-state index is 0.157. The van der Waals surface area contributed by atoms with Crippen molar-refractivity contribution < 1.29 is 23.9 Å². The molecule has 2 aliphatic heterocycles. The van der Waals surface area contributed by atoms with Gasteiger partial charge in [0.1, 0.15) is 5.75 Å². The molecule has 1 atom stereocenters. The van der Waals surface area contributed by atoms with Gasteiger partial charge in [-0.05, 0) is 31.2 Å². The number of ether oxygens (including phenoxy) is 2. The maximum atomic E-state index is 12.8. The van der Waals surface area contributed by atoms with Crippen LogP contribution < -0.4 is 9.64 Å². The lowest BCUT2D eigenvalue weighted by molar-refractivity contribution is -0.123. The van der Waals surface area contributed by atoms with Crippen molar-refractivity contribution in [1.82, 2.24) is 9.80 Å². The smallest absolute Gasteiger partial charge is 0.409 e. The lowest BCUT2D eigenvalue weighted by atomic mass is 10.2. The number of nitrogens with zero attached hydrogens (tertiary/aromatic N) is 3. The van der Waals surface area contributed by atoms with E-state index in [0.717, 1.165) is 0 Å². The molecular weight excluding hydrogens is 338 g/mol. The van der Waals surface area contributed by atoms with Crippen molar-refractivity contribution in [2.24, 2.45) is 0 Å². The Morgan fingerprint density at radius 3 is 2.35 bits per heavy atom. The van der Waals surface area contributed by atoms with Crippen molar-refractivity contribution in [3.8, 4) is 5.75 Å². The molecule has 3 amide bonds. The molecule has 3 rings (SSSR count). The van der Waals surface area contributed by atoms with Crippen molar-refractivity contribution in [3.63, 3.8) is 0 Å². The van der Waals surface area contributed by atoms with E-state index in [4.69, 9.17) is 9.47 Å². The number of carbonyl (C=O) groups is 3. The Morgan fingerprint density at radius 2 is 1.77 bits per heavy atom. The third-order valence-corrected chi connectivity index (χ3v) is 4.73. The fourth-order valence-corrected chi connectivity index (χ4v) is 3.33. The molecule has 2 saturated heterocycles. The molecular formula is C18H23N3O5. The number of methoxy groups -OCH3 is 1. The lowest BCUT2D eigenvalue weighted by Crippen LogP contribution is -2.54. The summed E-state index contributed by atoms with van der Waals surface area (Å²) in [6, 6.07) is 6.38. The second kappa shape index (κ2) is 7.74. The molecule has 0 bridgehead atoms. The fourth-order valence-electron chi connectivity index (χ4n) is 3.33. The zero-order chi connectivity index (χ0) is 18.7. The number of imide groups is 1. The third-order valence-electron chi connectivity index (χ3n) is 4.73. The van der Waals surface area contributed by atoms with Gasteiger partial charge in [0.25, 0.3) is 5.91 Å². The van der Waals surface area contributed by atoms with Crippen LogP contribution in [0, 0.1) is 0 Å². The van der Waals surface area contributed by atoms with E-state index in [0.29, 0.717) is 44.2 Å². The van der Waals surface area contributed by atoms with Crippen LogP contribution in [0.1, 0.15) is 13.3 Å². The summed E-state index contributed by atoms with van der Waals surface area (Å²) in [5.41, 5.74) is 0.549. The zero-order valence-corrected chi connectivity index (χ0v) is 15.0. The maximum absolute atomic E-state index is 12.8. The molecule has 0 spiro atoms. The summed E-state index contributed by atoms with van der Waals surface area (Å²) >= 11 is 0. The summed E-state index contributed by atoms with van der Waals surface area (Å²) < 4.78 is 10.1. The summed E-state index contributed by atoms with van der Waals surface area (Å²) in [4.78, 5) is 41.8. The minimum atomic E-state index is -0.478. The SMILES string of the molecule is CCOC(=O)N1CCN([C@H]2CC(=O)N(c3ccc(OC)cc3)C2=O)CC1. The number of amides is 3. The highest BCUT2D eigenvalue weighted by atomic mass is 16.6. The quantitative estimate of drug-likeness (QED) is 0.748. The van der Waals surface area contributed by atoms with Crippen LogP contribution in [0.2, 0.25) is 0 Å². The number of piperazine rings is 1. The molecule has 140 valence electrons. The number of hydrogen-bond acceptors (Lipinski definition) is 6. The number of hydrogen-bond donors (Lipinski definition) is 0. The Balaban J connectivity index is 1.65. The highest BCUT2D eigenvalue weighted by Crippen LogP contribution is 2.27. The van der Waals surface area contributed by atoms with E-state index < -0.39 is 6.04 Å². The first kappa shape index (κ1) is 18.2. The van der Waals surface area contributed by atoms with Gasteiger partial charge in [0, 0.05) is 26.2 Å². The van der Waals surface area contributed by atoms with E-state index in [2.05, 4.69) is 0 Å². The fraction of sp³-hybridized carbons (Fsp3) is 0.500. The van der Waals surface area contributed by atoms with Gasteiger partial charge in [-0.2, -0.15) is 0 Å². The molecule has 8 heteroatoms. The largest absolute Gasteiger partial charge is 0.497 e. The van der Waals surface area contributed by atoms with Gasteiger partial charge in [-0.25, -0.2) is 9.69 Å². The van der Waals surface area contributed by atoms with Crippen LogP contribution in [0.15, 0.2) is 24.3 Å². The highest BCUT2D eigenvalue weighted by Gasteiger charge is 2.43. The normalized spacial score (nSPS) is 21.2. The third kappa shape index (κ3) is 3.50. The van der Waals surface area contributed by atoms with Crippen molar-refractivity contribution in [1.29, 1.82) is 0 Å². The van der Waals surface area contributed by atoms with Crippen LogP contribution in [0.4, 0.5) is 10.5 Å². The van der Waals surface area contributed by atoms with E-state index >= 15 is 0 Å². The van der Waals surface area contributed by atoms with Gasteiger partial charge in [-0.15, -0.1) is 0 Å². The van der Waals surface area contributed by atoms with Gasteiger partial charge in [0.05, 0.1) is 31.9 Å². The molecule has 0 radical (unpaired) electrons. The van der Waals surface area contributed by atoms with Gasteiger partial charge < -0.3 is 14.4 Å². The Labute approximate surface area is 152 Å². The standard InChI is InChI=1S/C18H23N3O5/c1-3-26-18(24)20-10-8-19(9-11-20)15-12-16(22)21(17(15)23)13-4-6-14(25-2)7-5-13/h4-7,15H,3,8-12H2,1-2H3/t15-/m0/s1. The van der Waals surface area contributed by atoms with Crippen LogP contribution in [-0.2, 0) is 14.3 Å². The second-order valence-corrected chi connectivity index (χ2v) is 6.21. The second-order valence-electron chi connectivity index (χ2n) is 6.21. The number of anilines is 1. The predicted molar refractivity (Wildman–Crippen MR) is 94.1 cm³/mol. The van der Waals surface area contributed by atoms with Crippen molar-refractivity contribution in [2.75, 3.05) is 44.8 Å². The van der Waals surface area contributed by atoms with E-state index in [-0.39, 0.29) is 24.3 Å². The molecule has 0 unspecified atom stereocenters. The van der Waals surface area contributed by atoms with Crippen molar-refractivity contribution in [3.05, 3.63) is 24.3 Å². The summed E-state index contributed by atoms with van der Waals surface area (Å²) in [5, 5.41) is 0. The Hall–Kier alpha value is -2.61. The van der Waals surface area contributed by atoms with Gasteiger partial charge in [0.15, 0.2) is 0 Å². The molecule has 1 aromatic carbocycles. The van der Waals surface area contributed by atoms with E-state index in [1.165, 1.54) is 4.90 Å². The molecule has 8 nitrogen and oxygen atoms in total. The van der Waals surface area contributed by atoms with Crippen LogP contribution in [0.3, 0.4) is 0 Å². The van der Waals surface area contributed by atoms with Crippen LogP contribution in [0.5, 0.6) is 5.75 Å². The first-order valence-corrected chi connectivity index (χ1v) is 8.71. The van der Waals surface area contributed by atoms with E-state index in [1.54, 1.807) is 43.2 Å². The molecule has 2 fully saturated rings. The Bertz CT molecular complexity index is 683. The zero-order valence-electron chi connectivity index (χ0n) is 15.0. The summed E-state index contributed by atoms with van der Waals surface area (Å²) in [6.07, 6.45) is -0.176. The first-order chi connectivity index (χ1) is 12.5. The monoisotopic (exact) mass is 361 g/mol. The molecule has 26 heavy (non-hydrogen) atoms. The molecule has 0 aromatic heterocycles. The summed E-state index contributed by atoms with van der Waals surface area (Å²) in [6.45, 7) is 4.16. The van der Waals surface area contributed by atoms with Gasteiger partial charge in [0.2, 0.25) is 5.91 Å². The topological polar surface area (TPSA) is 79.4 Å². The van der Waals surface area contributed by atoms with Crippen LogP contribution in [-0.4, -0.2) is 73.6 Å². The van der Waals surface area contributed by atoms with Gasteiger partial charge in [-0.3, -0.25) is 14.5 Å². The minimum Gasteiger partial charge on any atom is -0.497 e. The molecule has 0 saturated carbocycles. The number of benzene rings is 1. The maximum Gasteiger partial charge on any atom is 0.409 e. The first-order valence-electron chi connectivity index (χ1n) is 8.71. The molecule has 0 N–H and O–H groups in total. The Kier molecular flexibility index (Phi) is 5.41. The Morgan fingerprint density at radius 1 is 1.12 bits per heavy atom. The number of rotatable bonds is 4. The average Bonchev–Trinajstić information content (AvgIpc) is 2.96.